The van der Waals surface area contributed by atoms with Gasteiger partial charge in [-0.3, -0.25) is 0 Å². The summed E-state index contributed by atoms with van der Waals surface area (Å²) in [7, 11) is 0. The molecule has 1 aliphatic rings. The van der Waals surface area contributed by atoms with Gasteiger partial charge in [-0.2, -0.15) is 0 Å². The Kier molecular flexibility index (Phi) is 4.06. The van der Waals surface area contributed by atoms with Crippen LogP contribution in [0.1, 0.15) is 18.4 Å². The molecule has 0 aliphatic heterocycles. The fourth-order valence-corrected chi connectivity index (χ4v) is 3.03. The average molecular weight is 291 g/mol. The monoisotopic (exact) mass is 290 g/mol. The van der Waals surface area contributed by atoms with Crippen LogP contribution in [0.2, 0.25) is 5.02 Å². The highest BCUT2D eigenvalue weighted by molar-refractivity contribution is 7.99. The van der Waals surface area contributed by atoms with E-state index in [0.717, 1.165) is 21.5 Å². The largest absolute Gasteiger partial charge is 0.310 e. The molecule has 1 N–H and O–H groups in total. The zero-order chi connectivity index (χ0) is 13.1. The normalized spacial score (nSPS) is 14.6. The lowest BCUT2D eigenvalue weighted by Gasteiger charge is -2.09. The molecule has 1 aromatic carbocycles. The molecular formula is C15H15ClN2S. The lowest BCUT2D eigenvalue weighted by molar-refractivity contribution is 0.675. The number of nitrogens with zero attached hydrogens (tertiary/aromatic N) is 1. The summed E-state index contributed by atoms with van der Waals surface area (Å²) in [5.74, 6) is 0. The summed E-state index contributed by atoms with van der Waals surface area (Å²) in [6.45, 7) is 0.890. The van der Waals surface area contributed by atoms with Crippen molar-refractivity contribution < 1.29 is 0 Å². The second kappa shape index (κ2) is 5.95. The summed E-state index contributed by atoms with van der Waals surface area (Å²) in [6.07, 6.45) is 4.45. The molecule has 0 radical (unpaired) electrons. The van der Waals surface area contributed by atoms with E-state index < -0.39 is 0 Å². The second-order valence-electron chi connectivity index (χ2n) is 4.68. The SMILES string of the molecule is Clc1cccc(Sc2ncccc2CNC2CC2)c1. The number of hydrogen-bond donors (Lipinski definition) is 1. The minimum Gasteiger partial charge on any atom is -0.310 e. The van der Waals surface area contributed by atoms with Gasteiger partial charge in [-0.25, -0.2) is 4.98 Å². The number of hydrogen-bond acceptors (Lipinski definition) is 3. The van der Waals surface area contributed by atoms with Crippen LogP contribution in [-0.2, 0) is 6.54 Å². The van der Waals surface area contributed by atoms with E-state index in [4.69, 9.17) is 11.6 Å². The molecule has 4 heteroatoms. The third kappa shape index (κ3) is 3.72. The van der Waals surface area contributed by atoms with Crippen LogP contribution in [0.4, 0.5) is 0 Å². The van der Waals surface area contributed by atoms with Gasteiger partial charge in [-0.1, -0.05) is 35.5 Å². The van der Waals surface area contributed by atoms with Crippen LogP contribution in [-0.4, -0.2) is 11.0 Å². The molecular weight excluding hydrogens is 276 g/mol. The lowest BCUT2D eigenvalue weighted by Crippen LogP contribution is -2.16. The lowest BCUT2D eigenvalue weighted by atomic mass is 10.3. The summed E-state index contributed by atoms with van der Waals surface area (Å²) in [4.78, 5) is 5.61. The van der Waals surface area contributed by atoms with E-state index >= 15 is 0 Å². The predicted molar refractivity (Wildman–Crippen MR) is 79.7 cm³/mol. The van der Waals surface area contributed by atoms with E-state index in [2.05, 4.69) is 22.4 Å². The van der Waals surface area contributed by atoms with Crippen molar-refractivity contribution in [3.8, 4) is 0 Å². The van der Waals surface area contributed by atoms with Gasteiger partial charge in [0.2, 0.25) is 0 Å². The van der Waals surface area contributed by atoms with Crippen LogP contribution >= 0.6 is 23.4 Å². The Labute approximate surface area is 122 Å². The first kappa shape index (κ1) is 13.0. The highest BCUT2D eigenvalue weighted by Crippen LogP contribution is 2.30. The fourth-order valence-electron chi connectivity index (χ4n) is 1.83. The molecule has 1 aliphatic carbocycles. The molecule has 98 valence electrons. The summed E-state index contributed by atoms with van der Waals surface area (Å²) in [6, 6.07) is 12.7. The minimum absolute atomic E-state index is 0.712. The predicted octanol–water partition coefficient (Wildman–Crippen LogP) is 4.14. The average Bonchev–Trinajstić information content (AvgIpc) is 3.22. The van der Waals surface area contributed by atoms with Crippen LogP contribution < -0.4 is 5.32 Å². The molecule has 0 saturated heterocycles. The van der Waals surface area contributed by atoms with E-state index in [1.165, 1.54) is 18.4 Å². The standard InChI is InChI=1S/C15H15ClN2S/c16-12-4-1-5-14(9-12)19-15-11(3-2-8-17-15)10-18-13-6-7-13/h1-5,8-9,13,18H,6-7,10H2. The van der Waals surface area contributed by atoms with Crippen LogP contribution in [0, 0.1) is 0 Å². The van der Waals surface area contributed by atoms with Crippen LogP contribution in [0.3, 0.4) is 0 Å². The Hall–Kier alpha value is -1.03. The zero-order valence-corrected chi connectivity index (χ0v) is 12.0. The number of rotatable bonds is 5. The maximum absolute atomic E-state index is 6.02. The smallest absolute Gasteiger partial charge is 0.105 e. The van der Waals surface area contributed by atoms with E-state index in [0.29, 0.717) is 6.04 Å². The molecule has 0 atom stereocenters. The molecule has 0 bridgehead atoms. The van der Waals surface area contributed by atoms with Gasteiger partial charge in [0.15, 0.2) is 0 Å². The Morgan fingerprint density at radius 3 is 2.95 bits per heavy atom. The van der Waals surface area contributed by atoms with Gasteiger partial charge in [-0.05, 0) is 42.7 Å². The van der Waals surface area contributed by atoms with E-state index in [1.807, 2.05) is 30.5 Å². The molecule has 0 spiro atoms. The first-order chi connectivity index (χ1) is 9.31. The first-order valence-electron chi connectivity index (χ1n) is 6.42. The molecule has 2 aromatic rings. The quantitative estimate of drug-likeness (QED) is 0.896. The van der Waals surface area contributed by atoms with Crippen molar-refractivity contribution in [2.24, 2.45) is 0 Å². The number of nitrogens with one attached hydrogen (secondary N) is 1. The number of benzene rings is 1. The van der Waals surface area contributed by atoms with Crippen molar-refractivity contribution in [1.82, 2.24) is 10.3 Å². The fraction of sp³-hybridized carbons (Fsp3) is 0.267. The van der Waals surface area contributed by atoms with Crippen molar-refractivity contribution in [3.63, 3.8) is 0 Å². The van der Waals surface area contributed by atoms with Crippen molar-refractivity contribution in [1.29, 1.82) is 0 Å². The van der Waals surface area contributed by atoms with Gasteiger partial charge in [0, 0.05) is 28.7 Å². The summed E-state index contributed by atoms with van der Waals surface area (Å²) < 4.78 is 0. The van der Waals surface area contributed by atoms with Gasteiger partial charge >= 0.3 is 0 Å². The molecule has 0 unspecified atom stereocenters. The van der Waals surface area contributed by atoms with Gasteiger partial charge in [-0.15, -0.1) is 0 Å². The Morgan fingerprint density at radius 1 is 1.26 bits per heavy atom. The Morgan fingerprint density at radius 2 is 2.16 bits per heavy atom. The molecule has 1 aromatic heterocycles. The molecule has 1 fully saturated rings. The topological polar surface area (TPSA) is 24.9 Å². The molecule has 1 heterocycles. The highest BCUT2D eigenvalue weighted by Gasteiger charge is 2.20. The maximum atomic E-state index is 6.02. The molecule has 19 heavy (non-hydrogen) atoms. The van der Waals surface area contributed by atoms with Gasteiger partial charge in [0.1, 0.15) is 5.03 Å². The minimum atomic E-state index is 0.712. The highest BCUT2D eigenvalue weighted by atomic mass is 35.5. The number of aromatic nitrogens is 1. The van der Waals surface area contributed by atoms with Crippen LogP contribution in [0.25, 0.3) is 0 Å². The first-order valence-corrected chi connectivity index (χ1v) is 7.61. The second-order valence-corrected chi connectivity index (χ2v) is 6.18. The Balaban J connectivity index is 1.75. The van der Waals surface area contributed by atoms with Gasteiger partial charge in [0.05, 0.1) is 0 Å². The third-order valence-electron chi connectivity index (χ3n) is 3.02. The van der Waals surface area contributed by atoms with Crippen molar-refractivity contribution in [2.75, 3.05) is 0 Å². The van der Waals surface area contributed by atoms with Crippen molar-refractivity contribution in [3.05, 3.63) is 53.2 Å². The number of pyridine rings is 1. The number of halogens is 1. The molecule has 1 saturated carbocycles. The van der Waals surface area contributed by atoms with Gasteiger partial charge in [0.25, 0.3) is 0 Å². The van der Waals surface area contributed by atoms with Crippen molar-refractivity contribution in [2.45, 2.75) is 35.3 Å². The van der Waals surface area contributed by atoms with E-state index in [1.54, 1.807) is 11.8 Å². The van der Waals surface area contributed by atoms with Crippen LogP contribution in [0.15, 0.2) is 52.5 Å². The Bertz CT molecular complexity index is 570. The summed E-state index contributed by atoms with van der Waals surface area (Å²) in [5.41, 5.74) is 1.25. The van der Waals surface area contributed by atoms with E-state index in [9.17, 15) is 0 Å². The third-order valence-corrected chi connectivity index (χ3v) is 4.30. The molecule has 3 rings (SSSR count). The summed E-state index contributed by atoms with van der Waals surface area (Å²) in [5, 5.41) is 5.35. The zero-order valence-electron chi connectivity index (χ0n) is 10.5. The maximum Gasteiger partial charge on any atom is 0.105 e. The van der Waals surface area contributed by atoms with E-state index in [-0.39, 0.29) is 0 Å². The molecule has 0 amide bonds. The molecule has 2 nitrogen and oxygen atoms in total. The van der Waals surface area contributed by atoms with Crippen molar-refractivity contribution >= 4 is 23.4 Å². The van der Waals surface area contributed by atoms with Gasteiger partial charge < -0.3 is 5.32 Å². The summed E-state index contributed by atoms with van der Waals surface area (Å²) >= 11 is 7.68. The van der Waals surface area contributed by atoms with Crippen LogP contribution in [0.5, 0.6) is 0 Å².